The summed E-state index contributed by atoms with van der Waals surface area (Å²) in [7, 11) is 1.39. The molecule has 0 spiro atoms. The van der Waals surface area contributed by atoms with Crippen molar-refractivity contribution in [3.63, 3.8) is 0 Å². The minimum absolute atomic E-state index is 0.150. The van der Waals surface area contributed by atoms with Crippen molar-refractivity contribution in [3.8, 4) is 0 Å². The van der Waals surface area contributed by atoms with E-state index in [1.807, 2.05) is 20.8 Å². The maximum Gasteiger partial charge on any atom is 0.245 e. The molecule has 0 aromatic carbocycles. The number of nitrogens with one attached hydrogen (secondary N) is 7. The Morgan fingerprint density at radius 3 is 1.33 bits per heavy atom. The molecule has 7 atom stereocenters. The zero-order valence-electron chi connectivity index (χ0n) is 32.6. The first-order valence-corrected chi connectivity index (χ1v) is 19.0. The number of carboxylic acids is 1. The normalized spacial score (nSPS) is 14.9. The van der Waals surface area contributed by atoms with Gasteiger partial charge in [0, 0.05) is 12.4 Å². The molecule has 0 fully saturated rings. The first kappa shape index (κ1) is 49.6. The molecule has 0 heterocycles. The Morgan fingerprint density at radius 1 is 0.574 bits per heavy atom. The van der Waals surface area contributed by atoms with E-state index in [9.17, 15) is 48.6 Å². The third kappa shape index (κ3) is 19.6. The summed E-state index contributed by atoms with van der Waals surface area (Å²) >= 11 is 0. The van der Waals surface area contributed by atoms with Crippen molar-refractivity contribution in [2.75, 3.05) is 20.2 Å². The molecule has 19 heteroatoms. The Kier molecular flexibility index (Phi) is 25.9. The minimum atomic E-state index is -1.50. The number of unbranched alkanes of at least 4 members (excludes halogenated alkanes) is 4. The molecule has 0 saturated carbocycles. The lowest BCUT2D eigenvalue weighted by atomic mass is 10.1. The lowest BCUT2D eigenvalue weighted by Crippen LogP contribution is -2.60. The second-order valence-electron chi connectivity index (χ2n) is 13.3. The molecule has 0 bridgehead atoms. The van der Waals surface area contributed by atoms with Gasteiger partial charge in [0.2, 0.25) is 41.4 Å². The number of aliphatic hydroxyl groups excluding tert-OH is 1. The van der Waals surface area contributed by atoms with Gasteiger partial charge in [0.05, 0.1) is 19.2 Å². The highest BCUT2D eigenvalue weighted by Crippen LogP contribution is 2.08. The number of carbonyl (C=O) groups is 8. The van der Waals surface area contributed by atoms with Crippen molar-refractivity contribution in [3.05, 3.63) is 0 Å². The second kappa shape index (κ2) is 28.1. The Labute approximate surface area is 318 Å². The van der Waals surface area contributed by atoms with E-state index in [2.05, 4.69) is 43.0 Å². The molecule has 0 aliphatic rings. The Morgan fingerprint density at radius 2 is 0.944 bits per heavy atom. The van der Waals surface area contributed by atoms with Crippen LogP contribution in [0.2, 0.25) is 0 Å². The predicted molar refractivity (Wildman–Crippen MR) is 196 cm³/mol. The van der Waals surface area contributed by atoms with Crippen molar-refractivity contribution in [1.29, 1.82) is 0 Å². The smallest absolute Gasteiger partial charge is 0.245 e. The zero-order chi connectivity index (χ0) is 41.2. The predicted octanol–water partition coefficient (Wildman–Crippen LogP) is -3.90. The Balaban J connectivity index is 5.77. The van der Waals surface area contributed by atoms with Gasteiger partial charge in [-0.25, -0.2) is 0 Å². The quantitative estimate of drug-likeness (QED) is 0.0315. The third-order valence-corrected chi connectivity index (χ3v) is 8.69. The Bertz CT molecular complexity index is 1220. The van der Waals surface area contributed by atoms with E-state index < -0.39 is 103 Å². The fraction of sp³-hybridized carbons (Fsp3) is 0.771. The molecule has 310 valence electrons. The SMILES string of the molecule is CCCCC(NC(=O)[C@H](C)NC(=O)C(CCCC)NC(=O)[C@H](CC(=O)[O-])NC)C(=O)N[C@@H](CO)C(=O)NC(CCCC)C(=O)N[C@@H](CCCC[NH3+])C(N)=O. The number of carboxylic acid groups (broad SMARTS) is 1. The molecule has 3 unspecified atom stereocenters. The molecule has 0 aliphatic carbocycles. The lowest BCUT2D eigenvalue weighted by molar-refractivity contribution is -0.368. The van der Waals surface area contributed by atoms with E-state index in [1.165, 1.54) is 14.0 Å². The molecule has 13 N–H and O–H groups in total. The van der Waals surface area contributed by atoms with Gasteiger partial charge >= 0.3 is 0 Å². The Hall–Kier alpha value is -4.36. The van der Waals surface area contributed by atoms with Crippen LogP contribution in [0.25, 0.3) is 0 Å². The number of likely N-dealkylation sites (N-methyl/N-ethyl adjacent to an activating group) is 1. The van der Waals surface area contributed by atoms with Crippen molar-refractivity contribution in [2.45, 2.75) is 153 Å². The number of rotatable bonds is 30. The van der Waals surface area contributed by atoms with Crippen molar-refractivity contribution in [1.82, 2.24) is 37.2 Å². The highest BCUT2D eigenvalue weighted by atomic mass is 16.4. The largest absolute Gasteiger partial charge is 0.550 e. The molecule has 0 aliphatic heterocycles. The monoisotopic (exact) mass is 771 g/mol. The van der Waals surface area contributed by atoms with E-state index in [1.54, 1.807) is 0 Å². The maximum absolute atomic E-state index is 13.4. The molecule has 0 aromatic heterocycles. The van der Waals surface area contributed by atoms with E-state index in [0.717, 1.165) is 6.42 Å². The van der Waals surface area contributed by atoms with Crippen molar-refractivity contribution < 1.29 is 54.3 Å². The lowest BCUT2D eigenvalue weighted by Gasteiger charge is -2.26. The van der Waals surface area contributed by atoms with Crippen LogP contribution in [-0.4, -0.2) is 115 Å². The first-order valence-electron chi connectivity index (χ1n) is 19.0. The van der Waals surface area contributed by atoms with E-state index in [0.29, 0.717) is 57.9 Å². The summed E-state index contributed by atoms with van der Waals surface area (Å²) < 4.78 is 0. The molecular formula is C35H65N9O10. The van der Waals surface area contributed by atoms with Gasteiger partial charge in [-0.3, -0.25) is 33.6 Å². The average Bonchev–Trinajstić information content (AvgIpc) is 3.13. The maximum atomic E-state index is 13.4. The van der Waals surface area contributed by atoms with Gasteiger partial charge in [-0.1, -0.05) is 59.3 Å². The highest BCUT2D eigenvalue weighted by molar-refractivity contribution is 5.97. The van der Waals surface area contributed by atoms with Gasteiger partial charge in [-0.2, -0.15) is 0 Å². The van der Waals surface area contributed by atoms with Gasteiger partial charge in [0.25, 0.3) is 0 Å². The number of quaternary nitrogens is 1. The minimum Gasteiger partial charge on any atom is -0.550 e. The fourth-order valence-corrected chi connectivity index (χ4v) is 5.29. The summed E-state index contributed by atoms with van der Waals surface area (Å²) in [4.78, 5) is 102. The van der Waals surface area contributed by atoms with E-state index in [4.69, 9.17) is 5.73 Å². The van der Waals surface area contributed by atoms with Gasteiger partial charge in [-0.15, -0.1) is 0 Å². The number of aliphatic hydroxyl groups is 1. The third-order valence-electron chi connectivity index (χ3n) is 8.69. The number of primary amides is 1. The van der Waals surface area contributed by atoms with Crippen LogP contribution in [0.5, 0.6) is 0 Å². The van der Waals surface area contributed by atoms with Crippen LogP contribution in [0, 0.1) is 0 Å². The number of carbonyl (C=O) groups excluding carboxylic acids is 8. The summed E-state index contributed by atoms with van der Waals surface area (Å²) in [5.41, 5.74) is 9.24. The molecule has 7 amide bonds. The first-order chi connectivity index (χ1) is 25.6. The fourth-order valence-electron chi connectivity index (χ4n) is 5.29. The summed E-state index contributed by atoms with van der Waals surface area (Å²) in [5, 5.41) is 38.9. The molecular weight excluding hydrogens is 706 g/mol. The molecule has 0 saturated heterocycles. The number of hydrogen-bond donors (Lipinski definition) is 10. The zero-order valence-corrected chi connectivity index (χ0v) is 32.6. The number of amides is 7. The standard InChI is InChI=1S/C35H65N9O10/c1-6-9-14-23(42-34(53)26(38-5)19-28(46)47)31(50)39-21(4)30(49)41-24(15-10-7-2)33(52)44-27(20-45)35(54)43-25(16-11-8-3)32(51)40-22(29(37)48)17-12-13-18-36/h21-27,38,45H,6-20,36H2,1-5H3,(H2,37,48)(H,39,50)(H,40,51)(H,41,49)(H,42,53)(H,43,54)(H,44,52)(H,46,47)/t21-,22-,23?,24?,25?,26-,27-/m0/s1. The van der Waals surface area contributed by atoms with Crippen LogP contribution in [0.3, 0.4) is 0 Å². The summed E-state index contributed by atoms with van der Waals surface area (Å²) in [6.45, 7) is 6.83. The number of nitrogens with two attached hydrogens (primary N) is 1. The second-order valence-corrected chi connectivity index (χ2v) is 13.3. The number of aliphatic carboxylic acids is 1. The van der Waals surface area contributed by atoms with Gasteiger partial charge in [0.15, 0.2) is 0 Å². The van der Waals surface area contributed by atoms with Gasteiger partial charge in [-0.05, 0) is 52.5 Å². The van der Waals surface area contributed by atoms with Crippen LogP contribution in [0.1, 0.15) is 111 Å². The van der Waals surface area contributed by atoms with Crippen LogP contribution in [-0.2, 0) is 38.4 Å². The van der Waals surface area contributed by atoms with Crippen LogP contribution < -0.4 is 53.8 Å². The summed E-state index contributed by atoms with van der Waals surface area (Å²) in [6.07, 6.45) is 5.18. The summed E-state index contributed by atoms with van der Waals surface area (Å²) in [5.74, 6) is -6.66. The molecule has 19 nitrogen and oxygen atoms in total. The molecule has 54 heavy (non-hydrogen) atoms. The van der Waals surface area contributed by atoms with Crippen molar-refractivity contribution in [2.24, 2.45) is 5.73 Å². The topological polar surface area (TPSA) is 318 Å². The molecule has 0 radical (unpaired) electrons. The highest BCUT2D eigenvalue weighted by Gasteiger charge is 2.32. The van der Waals surface area contributed by atoms with Gasteiger partial charge in [0.1, 0.15) is 36.3 Å². The number of hydrogen-bond acceptors (Lipinski definition) is 11. The average molecular weight is 772 g/mol. The molecule has 0 aromatic rings. The van der Waals surface area contributed by atoms with E-state index in [-0.39, 0.29) is 19.3 Å². The van der Waals surface area contributed by atoms with Crippen molar-refractivity contribution >= 4 is 47.3 Å². The molecule has 0 rings (SSSR count). The van der Waals surface area contributed by atoms with Crippen LogP contribution in [0.15, 0.2) is 0 Å². The van der Waals surface area contributed by atoms with Gasteiger partial charge < -0.3 is 63.7 Å². The van der Waals surface area contributed by atoms with Crippen LogP contribution in [0.4, 0.5) is 0 Å². The van der Waals surface area contributed by atoms with Crippen LogP contribution >= 0.6 is 0 Å². The van der Waals surface area contributed by atoms with E-state index >= 15 is 0 Å². The summed E-state index contributed by atoms with van der Waals surface area (Å²) in [6, 6.07) is -8.15.